The molecule has 0 radical (unpaired) electrons. The molecule has 15 heavy (non-hydrogen) atoms. The van der Waals surface area contributed by atoms with Crippen LogP contribution in [0, 0.1) is 6.92 Å². The summed E-state index contributed by atoms with van der Waals surface area (Å²) in [5.41, 5.74) is 2.22. The van der Waals surface area contributed by atoms with E-state index in [9.17, 15) is 4.79 Å². The average molecular weight is 222 g/mol. The van der Waals surface area contributed by atoms with Crippen LogP contribution < -0.4 is 0 Å². The van der Waals surface area contributed by atoms with E-state index in [4.69, 9.17) is 9.15 Å². The Labute approximate surface area is 91.3 Å². The van der Waals surface area contributed by atoms with Gasteiger partial charge in [0.05, 0.1) is 13.4 Å². The Bertz CT molecular complexity index is 468. The van der Waals surface area contributed by atoms with Crippen molar-refractivity contribution in [2.45, 2.75) is 6.92 Å². The van der Waals surface area contributed by atoms with Crippen LogP contribution in [-0.4, -0.2) is 13.1 Å². The Morgan fingerprint density at radius 2 is 2.33 bits per heavy atom. The Hall–Kier alpha value is -1.55. The minimum atomic E-state index is -0.359. The summed E-state index contributed by atoms with van der Waals surface area (Å²) in [4.78, 5) is 11.5. The lowest BCUT2D eigenvalue weighted by molar-refractivity contribution is 0.0600. The molecule has 2 aromatic heterocycles. The van der Waals surface area contributed by atoms with Crippen LogP contribution in [0.25, 0.3) is 11.3 Å². The summed E-state index contributed by atoms with van der Waals surface area (Å²) in [6.07, 6.45) is 1.57. The topological polar surface area (TPSA) is 39.4 Å². The highest BCUT2D eigenvalue weighted by Crippen LogP contribution is 2.29. The van der Waals surface area contributed by atoms with E-state index in [2.05, 4.69) is 0 Å². The molecular formula is C11H10O3S. The van der Waals surface area contributed by atoms with Crippen LogP contribution in [0.5, 0.6) is 0 Å². The van der Waals surface area contributed by atoms with E-state index in [0.717, 1.165) is 11.1 Å². The highest BCUT2D eigenvalue weighted by Gasteiger charge is 2.20. The van der Waals surface area contributed by atoms with Crippen LogP contribution in [0.4, 0.5) is 0 Å². The van der Waals surface area contributed by atoms with Gasteiger partial charge in [-0.15, -0.1) is 0 Å². The smallest absolute Gasteiger partial charge is 0.342 e. The Morgan fingerprint density at radius 3 is 2.93 bits per heavy atom. The molecule has 0 N–H and O–H groups in total. The van der Waals surface area contributed by atoms with Gasteiger partial charge in [-0.25, -0.2) is 4.79 Å². The summed E-state index contributed by atoms with van der Waals surface area (Å²) in [5.74, 6) is 0.225. The minimum Gasteiger partial charge on any atom is -0.465 e. The van der Waals surface area contributed by atoms with E-state index in [0.29, 0.717) is 11.3 Å². The molecule has 0 aliphatic heterocycles. The van der Waals surface area contributed by atoms with Gasteiger partial charge >= 0.3 is 5.97 Å². The van der Waals surface area contributed by atoms with Crippen molar-refractivity contribution in [3.63, 3.8) is 0 Å². The minimum absolute atomic E-state index is 0.359. The fourth-order valence-electron chi connectivity index (χ4n) is 1.41. The number of carbonyl (C=O) groups is 1. The summed E-state index contributed by atoms with van der Waals surface area (Å²) >= 11 is 1.56. The van der Waals surface area contributed by atoms with E-state index in [1.807, 2.05) is 23.8 Å². The quantitative estimate of drug-likeness (QED) is 0.733. The predicted octanol–water partition coefficient (Wildman–Crippen LogP) is 3.10. The second-order valence-electron chi connectivity index (χ2n) is 3.13. The van der Waals surface area contributed by atoms with Gasteiger partial charge in [-0.3, -0.25) is 0 Å². The van der Waals surface area contributed by atoms with Gasteiger partial charge in [-0.1, -0.05) is 0 Å². The lowest BCUT2D eigenvalue weighted by atomic mass is 10.1. The van der Waals surface area contributed by atoms with E-state index >= 15 is 0 Å². The first-order valence-electron chi connectivity index (χ1n) is 4.43. The lowest BCUT2D eigenvalue weighted by Crippen LogP contribution is -2.02. The second kappa shape index (κ2) is 3.90. The molecule has 0 fully saturated rings. The molecule has 4 heteroatoms. The van der Waals surface area contributed by atoms with Gasteiger partial charge < -0.3 is 9.15 Å². The number of hydrogen-bond donors (Lipinski definition) is 0. The van der Waals surface area contributed by atoms with Gasteiger partial charge in [-0.2, -0.15) is 11.3 Å². The fourth-order valence-corrected chi connectivity index (χ4v) is 2.04. The molecule has 0 aliphatic carbocycles. The molecule has 0 atom stereocenters. The zero-order chi connectivity index (χ0) is 10.8. The van der Waals surface area contributed by atoms with Gasteiger partial charge in [0, 0.05) is 16.5 Å². The fraction of sp³-hybridized carbons (Fsp3) is 0.182. The van der Waals surface area contributed by atoms with Crippen LogP contribution in [0.1, 0.15) is 15.9 Å². The van der Waals surface area contributed by atoms with Crippen molar-refractivity contribution in [2.75, 3.05) is 7.11 Å². The number of furan rings is 1. The molecule has 0 amide bonds. The van der Waals surface area contributed by atoms with Crippen molar-refractivity contribution < 1.29 is 13.9 Å². The molecule has 0 unspecified atom stereocenters. The zero-order valence-electron chi connectivity index (χ0n) is 8.44. The first-order chi connectivity index (χ1) is 7.24. The molecule has 3 nitrogen and oxygen atoms in total. The molecular weight excluding hydrogens is 212 g/mol. The lowest BCUT2D eigenvalue weighted by Gasteiger charge is -1.99. The third kappa shape index (κ3) is 1.68. The van der Waals surface area contributed by atoms with Crippen molar-refractivity contribution in [3.05, 3.63) is 34.2 Å². The van der Waals surface area contributed by atoms with Crippen molar-refractivity contribution in [1.29, 1.82) is 0 Å². The molecule has 2 aromatic rings. The van der Waals surface area contributed by atoms with E-state index < -0.39 is 0 Å². The summed E-state index contributed by atoms with van der Waals surface area (Å²) < 4.78 is 10.1. The molecule has 2 heterocycles. The largest absolute Gasteiger partial charge is 0.465 e. The number of methoxy groups -OCH3 is 1. The number of ether oxygens (including phenoxy) is 1. The zero-order valence-corrected chi connectivity index (χ0v) is 9.26. The highest BCUT2D eigenvalue weighted by atomic mass is 32.1. The van der Waals surface area contributed by atoms with Crippen molar-refractivity contribution in [1.82, 2.24) is 0 Å². The van der Waals surface area contributed by atoms with Crippen molar-refractivity contribution >= 4 is 17.3 Å². The number of thiophene rings is 1. The molecule has 0 spiro atoms. The van der Waals surface area contributed by atoms with Crippen molar-refractivity contribution in [3.8, 4) is 11.3 Å². The second-order valence-corrected chi connectivity index (χ2v) is 3.91. The maximum absolute atomic E-state index is 11.5. The molecule has 2 rings (SSSR count). The van der Waals surface area contributed by atoms with E-state index in [1.54, 1.807) is 17.6 Å². The summed E-state index contributed by atoms with van der Waals surface area (Å²) in [5, 5.41) is 3.87. The number of carbonyl (C=O) groups excluding carboxylic acids is 1. The molecule has 0 bridgehead atoms. The predicted molar refractivity (Wildman–Crippen MR) is 58.1 cm³/mol. The Morgan fingerprint density at radius 1 is 1.53 bits per heavy atom. The van der Waals surface area contributed by atoms with Gasteiger partial charge in [-0.05, 0) is 18.4 Å². The molecule has 0 saturated heterocycles. The summed E-state index contributed by atoms with van der Waals surface area (Å²) in [6, 6.07) is 1.91. The van der Waals surface area contributed by atoms with Crippen molar-refractivity contribution in [2.24, 2.45) is 0 Å². The van der Waals surface area contributed by atoms with Gasteiger partial charge in [0.1, 0.15) is 11.3 Å². The average Bonchev–Trinajstić information content (AvgIpc) is 2.85. The summed E-state index contributed by atoms with van der Waals surface area (Å²) in [7, 11) is 1.37. The van der Waals surface area contributed by atoms with Crippen LogP contribution >= 0.6 is 11.3 Å². The monoisotopic (exact) mass is 222 g/mol. The number of hydrogen-bond acceptors (Lipinski definition) is 4. The molecule has 0 saturated carbocycles. The first kappa shape index (κ1) is 9.98. The number of aryl methyl sites for hydroxylation is 1. The van der Waals surface area contributed by atoms with Gasteiger partial charge in [0.2, 0.25) is 0 Å². The standard InChI is InChI=1S/C11H10O3S/c1-7-5-14-10(8-3-4-15-6-8)9(7)11(12)13-2/h3-6H,1-2H3. The van der Waals surface area contributed by atoms with E-state index in [1.165, 1.54) is 7.11 Å². The van der Waals surface area contributed by atoms with Gasteiger partial charge in [0.15, 0.2) is 0 Å². The van der Waals surface area contributed by atoms with Crippen LogP contribution in [-0.2, 0) is 4.74 Å². The normalized spacial score (nSPS) is 10.3. The number of esters is 1. The maximum atomic E-state index is 11.5. The summed E-state index contributed by atoms with van der Waals surface area (Å²) in [6.45, 7) is 1.83. The first-order valence-corrected chi connectivity index (χ1v) is 5.37. The molecule has 78 valence electrons. The Kier molecular flexibility index (Phi) is 2.60. The van der Waals surface area contributed by atoms with Crippen LogP contribution in [0.15, 0.2) is 27.5 Å². The highest BCUT2D eigenvalue weighted by molar-refractivity contribution is 7.08. The van der Waals surface area contributed by atoms with Gasteiger partial charge in [0.25, 0.3) is 0 Å². The Balaban J connectivity index is 2.54. The molecule has 0 aromatic carbocycles. The SMILES string of the molecule is COC(=O)c1c(C)coc1-c1ccsc1. The van der Waals surface area contributed by atoms with Crippen LogP contribution in [0.3, 0.4) is 0 Å². The number of rotatable bonds is 2. The maximum Gasteiger partial charge on any atom is 0.342 e. The van der Waals surface area contributed by atoms with Crippen LogP contribution in [0.2, 0.25) is 0 Å². The van der Waals surface area contributed by atoms with E-state index in [-0.39, 0.29) is 5.97 Å². The third-order valence-corrected chi connectivity index (χ3v) is 2.83. The molecule has 0 aliphatic rings. The third-order valence-electron chi connectivity index (χ3n) is 2.15.